The van der Waals surface area contributed by atoms with E-state index in [9.17, 15) is 14.4 Å². The Morgan fingerprint density at radius 1 is 0.977 bits per heavy atom. The zero-order valence-corrected chi connectivity index (χ0v) is 24.5. The van der Waals surface area contributed by atoms with Crippen LogP contribution < -0.4 is 16.3 Å². The first-order valence-corrected chi connectivity index (χ1v) is 14.6. The molecule has 2 heterocycles. The number of morpholine rings is 1. The van der Waals surface area contributed by atoms with E-state index in [2.05, 4.69) is 15.6 Å². The third-order valence-corrected chi connectivity index (χ3v) is 8.05. The second-order valence-electron chi connectivity index (χ2n) is 10.9. The number of methoxy groups -OCH3 is 1. The molecular weight excluding hydrogens is 544 g/mol. The Balaban J connectivity index is 1.30. The molecule has 1 aliphatic rings. The normalized spacial score (nSPS) is 17.4. The number of aryl methyl sites for hydroxylation is 2. The highest BCUT2D eigenvalue weighted by Gasteiger charge is 2.33. The molecule has 0 radical (unpaired) electrons. The number of nitrogens with zero attached hydrogens (tertiary/aromatic N) is 1. The molecule has 0 aliphatic carbocycles. The summed E-state index contributed by atoms with van der Waals surface area (Å²) in [6, 6.07) is 26.5. The summed E-state index contributed by atoms with van der Waals surface area (Å²) in [7, 11) is 3.02. The number of ether oxygens (including phenoxy) is 2. The van der Waals surface area contributed by atoms with Crippen LogP contribution >= 0.6 is 0 Å². The lowest BCUT2D eigenvalue weighted by Crippen LogP contribution is -2.46. The largest absolute Gasteiger partial charge is 0.453 e. The number of Topliss-reactive ketones (excluding diaryl/α,β-unsaturated/α-hetero) is 1. The highest BCUT2D eigenvalue weighted by atomic mass is 16.5. The van der Waals surface area contributed by atoms with Gasteiger partial charge in [-0.25, -0.2) is 9.59 Å². The van der Waals surface area contributed by atoms with Gasteiger partial charge in [0.05, 0.1) is 31.6 Å². The number of H-pyrrole nitrogens is 1. The number of imidazole rings is 1. The van der Waals surface area contributed by atoms with Gasteiger partial charge in [0, 0.05) is 32.1 Å². The molecule has 0 bridgehead atoms. The maximum absolute atomic E-state index is 14.1. The Kier molecular flexibility index (Phi) is 9.86. The molecule has 0 spiro atoms. The Morgan fingerprint density at radius 2 is 1.60 bits per heavy atom. The van der Waals surface area contributed by atoms with Crippen LogP contribution in [0.5, 0.6) is 0 Å². The van der Waals surface area contributed by atoms with Gasteiger partial charge in [-0.15, -0.1) is 0 Å². The van der Waals surface area contributed by atoms with Gasteiger partial charge in [0.15, 0.2) is 5.78 Å². The molecule has 1 aromatic heterocycles. The van der Waals surface area contributed by atoms with Gasteiger partial charge < -0.3 is 29.7 Å². The smallest absolute Gasteiger partial charge is 0.407 e. The minimum atomic E-state index is -0.836. The molecular formula is C34H38N4O5. The maximum atomic E-state index is 14.1. The summed E-state index contributed by atoms with van der Waals surface area (Å²) in [6.45, 7) is 1.12. The average molecular weight is 583 g/mol. The molecule has 3 atom stereocenters. The van der Waals surface area contributed by atoms with E-state index in [-0.39, 0.29) is 30.0 Å². The van der Waals surface area contributed by atoms with Crippen molar-refractivity contribution in [1.29, 1.82) is 0 Å². The molecule has 5 rings (SSSR count). The van der Waals surface area contributed by atoms with Crippen molar-refractivity contribution < 1.29 is 19.1 Å². The first-order chi connectivity index (χ1) is 20.9. The topological polar surface area (TPSA) is 114 Å². The number of carbonyl (C=O) groups excluding carboxylic acids is 2. The molecule has 9 nitrogen and oxygen atoms in total. The second-order valence-corrected chi connectivity index (χ2v) is 10.9. The van der Waals surface area contributed by atoms with E-state index in [1.165, 1.54) is 11.7 Å². The van der Waals surface area contributed by atoms with Gasteiger partial charge in [-0.3, -0.25) is 4.79 Å². The summed E-state index contributed by atoms with van der Waals surface area (Å²) in [5, 5.41) is 6.32. The number of aromatic amines is 1. The van der Waals surface area contributed by atoms with E-state index >= 15 is 0 Å². The van der Waals surface area contributed by atoms with E-state index in [4.69, 9.17) is 9.47 Å². The maximum Gasteiger partial charge on any atom is 0.407 e. The van der Waals surface area contributed by atoms with Gasteiger partial charge in [-0.05, 0) is 35.1 Å². The Bertz CT molecular complexity index is 1520. The van der Waals surface area contributed by atoms with E-state index < -0.39 is 18.1 Å². The number of carbonyl (C=O) groups is 2. The molecule has 4 aromatic rings. The van der Waals surface area contributed by atoms with Crippen LogP contribution in [0, 0.1) is 0 Å². The number of ketones is 1. The van der Waals surface area contributed by atoms with Gasteiger partial charge in [-0.1, -0.05) is 84.9 Å². The SMILES string of the molecule is COC(=O)N[C@H](C(=O)Cc1ccccc1CC[C@@H]1CN[C@H](c2cn(C)c(=O)[nH]2)CO1)C(c1ccccc1)c1ccccc1. The van der Waals surface area contributed by atoms with Crippen LogP contribution in [0.2, 0.25) is 0 Å². The van der Waals surface area contributed by atoms with Gasteiger partial charge >= 0.3 is 11.8 Å². The van der Waals surface area contributed by atoms with Crippen molar-refractivity contribution in [2.45, 2.75) is 43.4 Å². The molecule has 1 aliphatic heterocycles. The minimum Gasteiger partial charge on any atom is -0.453 e. The van der Waals surface area contributed by atoms with Crippen LogP contribution in [-0.4, -0.2) is 53.8 Å². The van der Waals surface area contributed by atoms with Crippen molar-refractivity contribution in [3.63, 3.8) is 0 Å². The number of aromatic nitrogens is 2. The highest BCUT2D eigenvalue weighted by Crippen LogP contribution is 2.30. The Morgan fingerprint density at radius 3 is 2.16 bits per heavy atom. The number of nitrogens with one attached hydrogen (secondary N) is 3. The predicted octanol–water partition coefficient (Wildman–Crippen LogP) is 4.04. The number of hydrogen-bond acceptors (Lipinski definition) is 6. The molecule has 0 saturated carbocycles. The fraction of sp³-hybridized carbons (Fsp3) is 0.324. The van der Waals surface area contributed by atoms with Gasteiger partial charge in [0.1, 0.15) is 6.04 Å². The van der Waals surface area contributed by atoms with Crippen LogP contribution in [0.3, 0.4) is 0 Å². The van der Waals surface area contributed by atoms with Crippen molar-refractivity contribution in [3.8, 4) is 0 Å². The monoisotopic (exact) mass is 582 g/mol. The molecule has 224 valence electrons. The van der Waals surface area contributed by atoms with Crippen molar-refractivity contribution in [1.82, 2.24) is 20.2 Å². The third kappa shape index (κ3) is 7.49. The van der Waals surface area contributed by atoms with E-state index in [0.717, 1.165) is 40.8 Å². The molecule has 9 heteroatoms. The lowest BCUT2D eigenvalue weighted by Gasteiger charge is -2.30. The zero-order valence-electron chi connectivity index (χ0n) is 24.5. The lowest BCUT2D eigenvalue weighted by molar-refractivity contribution is -0.120. The fourth-order valence-electron chi connectivity index (χ4n) is 5.72. The zero-order chi connectivity index (χ0) is 30.2. The van der Waals surface area contributed by atoms with Crippen LogP contribution in [0.4, 0.5) is 4.79 Å². The number of amides is 1. The molecule has 0 unspecified atom stereocenters. The number of benzene rings is 3. The molecule has 3 aromatic carbocycles. The fourth-order valence-corrected chi connectivity index (χ4v) is 5.72. The lowest BCUT2D eigenvalue weighted by atomic mass is 9.81. The van der Waals surface area contributed by atoms with E-state index in [1.54, 1.807) is 13.2 Å². The van der Waals surface area contributed by atoms with Crippen molar-refractivity contribution >= 4 is 11.9 Å². The predicted molar refractivity (Wildman–Crippen MR) is 164 cm³/mol. The van der Waals surface area contributed by atoms with Crippen LogP contribution in [-0.2, 0) is 34.2 Å². The van der Waals surface area contributed by atoms with E-state index in [0.29, 0.717) is 13.2 Å². The molecule has 43 heavy (non-hydrogen) atoms. The van der Waals surface area contributed by atoms with Gasteiger partial charge in [0.25, 0.3) is 0 Å². The second kappa shape index (κ2) is 14.1. The third-order valence-electron chi connectivity index (χ3n) is 8.05. The molecule has 1 amide bonds. The summed E-state index contributed by atoms with van der Waals surface area (Å²) >= 11 is 0. The van der Waals surface area contributed by atoms with Crippen LogP contribution in [0.15, 0.2) is 95.9 Å². The number of hydrogen-bond donors (Lipinski definition) is 3. The van der Waals surface area contributed by atoms with E-state index in [1.807, 2.05) is 84.9 Å². The summed E-state index contributed by atoms with van der Waals surface area (Å²) < 4.78 is 12.6. The van der Waals surface area contributed by atoms with Crippen LogP contribution in [0.25, 0.3) is 0 Å². The number of rotatable bonds is 11. The average Bonchev–Trinajstić information content (AvgIpc) is 3.38. The molecule has 1 saturated heterocycles. The summed E-state index contributed by atoms with van der Waals surface area (Å²) in [6.07, 6.45) is 2.82. The first kappa shape index (κ1) is 30.0. The van der Waals surface area contributed by atoms with Crippen LogP contribution in [0.1, 0.15) is 46.3 Å². The summed E-state index contributed by atoms with van der Waals surface area (Å²) in [5.74, 6) is -0.499. The quantitative estimate of drug-likeness (QED) is 0.246. The molecule has 3 N–H and O–H groups in total. The highest BCUT2D eigenvalue weighted by molar-refractivity contribution is 5.90. The van der Waals surface area contributed by atoms with Gasteiger partial charge in [0.2, 0.25) is 0 Å². The standard InChI is InChI=1S/C34H38N4O5/c1-38-21-28(36-33(38)40)29-22-43-27(20-35-29)18-17-23-11-9-10-16-26(23)19-30(39)32(37-34(41)42-2)31(24-12-5-3-6-13-24)25-14-7-4-8-15-25/h3-16,21,27,29,31-32,35H,17-20,22H2,1-2H3,(H,36,40)(H,37,41)/t27-,29+,32-/m1/s1. The summed E-state index contributed by atoms with van der Waals surface area (Å²) in [4.78, 5) is 41.2. The number of alkyl carbamates (subject to hydrolysis) is 1. The molecule has 1 fully saturated rings. The van der Waals surface area contributed by atoms with Gasteiger partial charge in [-0.2, -0.15) is 0 Å². The van der Waals surface area contributed by atoms with Crippen molar-refractivity contribution in [3.05, 3.63) is 130 Å². The van der Waals surface area contributed by atoms with Crippen molar-refractivity contribution in [2.75, 3.05) is 20.3 Å². The van der Waals surface area contributed by atoms with Crippen molar-refractivity contribution in [2.24, 2.45) is 7.05 Å². The summed E-state index contributed by atoms with van der Waals surface area (Å²) in [5.41, 5.74) is 4.52. The minimum absolute atomic E-state index is 0.00437. The Hall–Kier alpha value is -4.47. The Labute approximate surface area is 251 Å². The first-order valence-electron chi connectivity index (χ1n) is 14.6.